The van der Waals surface area contributed by atoms with Gasteiger partial charge in [0.1, 0.15) is 5.75 Å². The average molecular weight is 432 g/mol. The van der Waals surface area contributed by atoms with Gasteiger partial charge in [0, 0.05) is 0 Å². The van der Waals surface area contributed by atoms with Crippen LogP contribution in [0.2, 0.25) is 0 Å². The second-order valence-electron chi connectivity index (χ2n) is 7.02. The molecule has 0 radical (unpaired) electrons. The minimum Gasteiger partial charge on any atom is -0.493 e. The number of hydrogen-bond acceptors (Lipinski definition) is 6. The number of benzene rings is 3. The van der Waals surface area contributed by atoms with Crippen LogP contribution < -0.4 is 19.6 Å². The van der Waals surface area contributed by atoms with Gasteiger partial charge < -0.3 is 14.2 Å². The summed E-state index contributed by atoms with van der Waals surface area (Å²) >= 11 is 0. The summed E-state index contributed by atoms with van der Waals surface area (Å²) in [6.07, 6.45) is 1.46. The molecule has 0 fully saturated rings. The summed E-state index contributed by atoms with van der Waals surface area (Å²) in [7, 11) is 1.47. The Morgan fingerprint density at radius 3 is 2.47 bits per heavy atom. The summed E-state index contributed by atoms with van der Waals surface area (Å²) in [6.45, 7) is 3.72. The molecule has 7 nitrogen and oxygen atoms in total. The highest BCUT2D eigenvalue weighted by Crippen LogP contribution is 2.28. The average Bonchev–Trinajstić information content (AvgIpc) is 2.81. The standard InChI is InChI=1S/C25H24N2O5/c1-17-9-10-18(2)22(13-17)31-16-24(28)27-26-15-19-11-12-21(23(14-19)30-3)32-25(29)20-7-5-4-6-8-20/h4-15H,16H2,1-3H3,(H,27,28). The number of esters is 1. The molecule has 1 amide bonds. The van der Waals surface area contributed by atoms with E-state index in [1.807, 2.05) is 38.1 Å². The molecular weight excluding hydrogens is 408 g/mol. The zero-order valence-electron chi connectivity index (χ0n) is 18.1. The van der Waals surface area contributed by atoms with Gasteiger partial charge in [-0.1, -0.05) is 30.3 Å². The molecule has 0 unspecified atom stereocenters. The topological polar surface area (TPSA) is 86.2 Å². The lowest BCUT2D eigenvalue weighted by Crippen LogP contribution is -2.24. The monoisotopic (exact) mass is 432 g/mol. The number of hydrazone groups is 1. The second kappa shape index (κ2) is 10.8. The molecule has 0 spiro atoms. The molecule has 1 N–H and O–H groups in total. The van der Waals surface area contributed by atoms with E-state index in [0.717, 1.165) is 11.1 Å². The Bertz CT molecular complexity index is 1130. The molecule has 0 heterocycles. The van der Waals surface area contributed by atoms with Gasteiger partial charge in [-0.05, 0) is 66.9 Å². The Morgan fingerprint density at radius 2 is 1.72 bits per heavy atom. The van der Waals surface area contributed by atoms with Crippen molar-refractivity contribution in [2.45, 2.75) is 13.8 Å². The summed E-state index contributed by atoms with van der Waals surface area (Å²) in [5.74, 6) is 0.436. The van der Waals surface area contributed by atoms with E-state index in [-0.39, 0.29) is 18.3 Å². The first kappa shape index (κ1) is 22.6. The Labute approximate surface area is 186 Å². The molecule has 3 aromatic rings. The van der Waals surface area contributed by atoms with Gasteiger partial charge in [0.15, 0.2) is 18.1 Å². The first-order chi connectivity index (χ1) is 15.5. The van der Waals surface area contributed by atoms with Crippen molar-refractivity contribution < 1.29 is 23.8 Å². The third kappa shape index (κ3) is 6.18. The third-order valence-corrected chi connectivity index (χ3v) is 4.51. The van der Waals surface area contributed by atoms with Crippen LogP contribution in [0.25, 0.3) is 0 Å². The Kier molecular flexibility index (Phi) is 7.59. The van der Waals surface area contributed by atoms with Crippen LogP contribution >= 0.6 is 0 Å². The number of nitrogens with zero attached hydrogens (tertiary/aromatic N) is 1. The fraction of sp³-hybridized carbons (Fsp3) is 0.160. The number of aryl methyl sites for hydroxylation is 2. The molecule has 0 aliphatic carbocycles. The lowest BCUT2D eigenvalue weighted by molar-refractivity contribution is -0.123. The van der Waals surface area contributed by atoms with E-state index < -0.39 is 5.97 Å². The van der Waals surface area contributed by atoms with Crippen molar-refractivity contribution in [1.82, 2.24) is 5.43 Å². The summed E-state index contributed by atoms with van der Waals surface area (Å²) in [5.41, 5.74) is 5.51. The zero-order valence-corrected chi connectivity index (χ0v) is 18.1. The van der Waals surface area contributed by atoms with Crippen molar-refractivity contribution in [1.29, 1.82) is 0 Å². The summed E-state index contributed by atoms with van der Waals surface area (Å²) in [4.78, 5) is 24.3. The Balaban J connectivity index is 1.56. The van der Waals surface area contributed by atoms with E-state index in [0.29, 0.717) is 22.6 Å². The number of carbonyl (C=O) groups excluding carboxylic acids is 2. The van der Waals surface area contributed by atoms with Gasteiger partial charge in [-0.2, -0.15) is 5.10 Å². The van der Waals surface area contributed by atoms with Crippen molar-refractivity contribution in [3.05, 3.63) is 89.0 Å². The minimum atomic E-state index is -0.485. The Morgan fingerprint density at radius 1 is 0.938 bits per heavy atom. The SMILES string of the molecule is COc1cc(C=NNC(=O)COc2cc(C)ccc2C)ccc1OC(=O)c1ccccc1. The molecule has 0 aliphatic rings. The molecule has 3 rings (SSSR count). The van der Waals surface area contributed by atoms with Crippen molar-refractivity contribution in [2.24, 2.45) is 5.10 Å². The van der Waals surface area contributed by atoms with Crippen molar-refractivity contribution in [2.75, 3.05) is 13.7 Å². The van der Waals surface area contributed by atoms with Gasteiger partial charge in [-0.25, -0.2) is 10.2 Å². The molecule has 7 heteroatoms. The van der Waals surface area contributed by atoms with Crippen LogP contribution in [-0.2, 0) is 4.79 Å². The smallest absolute Gasteiger partial charge is 0.343 e. The first-order valence-electron chi connectivity index (χ1n) is 9.93. The highest BCUT2D eigenvalue weighted by molar-refractivity contribution is 5.91. The first-order valence-corrected chi connectivity index (χ1v) is 9.93. The molecule has 0 saturated carbocycles. The number of nitrogens with one attached hydrogen (secondary N) is 1. The largest absolute Gasteiger partial charge is 0.493 e. The van der Waals surface area contributed by atoms with Crippen LogP contribution in [0.15, 0.2) is 71.8 Å². The predicted octanol–water partition coefficient (Wildman–Crippen LogP) is 4.06. The number of amides is 1. The lowest BCUT2D eigenvalue weighted by Gasteiger charge is -2.10. The van der Waals surface area contributed by atoms with Crippen molar-refractivity contribution >= 4 is 18.1 Å². The highest BCUT2D eigenvalue weighted by Gasteiger charge is 2.12. The van der Waals surface area contributed by atoms with Gasteiger partial charge in [0.05, 0.1) is 18.9 Å². The maximum absolute atomic E-state index is 12.3. The van der Waals surface area contributed by atoms with E-state index in [4.69, 9.17) is 14.2 Å². The highest BCUT2D eigenvalue weighted by atomic mass is 16.6. The summed E-state index contributed by atoms with van der Waals surface area (Å²) in [5, 5.41) is 3.94. The fourth-order valence-corrected chi connectivity index (χ4v) is 2.80. The molecule has 164 valence electrons. The number of methoxy groups -OCH3 is 1. The molecule has 0 bridgehead atoms. The predicted molar refractivity (Wildman–Crippen MR) is 122 cm³/mol. The van der Waals surface area contributed by atoms with Crippen LogP contribution in [0.3, 0.4) is 0 Å². The van der Waals surface area contributed by atoms with E-state index in [2.05, 4.69) is 10.5 Å². The Hall–Kier alpha value is -4.13. The molecule has 0 aliphatic heterocycles. The van der Waals surface area contributed by atoms with Crippen molar-refractivity contribution in [3.63, 3.8) is 0 Å². The molecule has 0 aromatic heterocycles. The maximum atomic E-state index is 12.3. The number of rotatable bonds is 8. The molecule has 32 heavy (non-hydrogen) atoms. The quantitative estimate of drug-likeness (QED) is 0.251. The van der Waals surface area contributed by atoms with Crippen LogP contribution in [0.4, 0.5) is 0 Å². The van der Waals surface area contributed by atoms with Gasteiger partial charge >= 0.3 is 5.97 Å². The van der Waals surface area contributed by atoms with Crippen LogP contribution in [0.5, 0.6) is 17.2 Å². The van der Waals surface area contributed by atoms with Crippen LogP contribution in [0.1, 0.15) is 27.0 Å². The molecule has 3 aromatic carbocycles. The molecular formula is C25H24N2O5. The second-order valence-corrected chi connectivity index (χ2v) is 7.02. The van der Waals surface area contributed by atoms with E-state index >= 15 is 0 Å². The summed E-state index contributed by atoms with van der Waals surface area (Å²) < 4.78 is 16.3. The maximum Gasteiger partial charge on any atom is 0.343 e. The number of carbonyl (C=O) groups is 2. The van der Waals surface area contributed by atoms with Gasteiger partial charge in [0.2, 0.25) is 0 Å². The van der Waals surface area contributed by atoms with Crippen LogP contribution in [0, 0.1) is 13.8 Å². The third-order valence-electron chi connectivity index (χ3n) is 4.51. The van der Waals surface area contributed by atoms with Crippen molar-refractivity contribution in [3.8, 4) is 17.2 Å². The minimum absolute atomic E-state index is 0.153. The van der Waals surface area contributed by atoms with Gasteiger partial charge in [0.25, 0.3) is 5.91 Å². The van der Waals surface area contributed by atoms with E-state index in [1.165, 1.54) is 13.3 Å². The zero-order chi connectivity index (χ0) is 22.9. The molecule has 0 saturated heterocycles. The number of ether oxygens (including phenoxy) is 3. The lowest BCUT2D eigenvalue weighted by atomic mass is 10.1. The number of hydrogen-bond donors (Lipinski definition) is 1. The van der Waals surface area contributed by atoms with E-state index in [9.17, 15) is 9.59 Å². The van der Waals surface area contributed by atoms with Gasteiger partial charge in [-0.3, -0.25) is 4.79 Å². The summed E-state index contributed by atoms with van der Waals surface area (Å²) in [6, 6.07) is 19.4. The fourth-order valence-electron chi connectivity index (χ4n) is 2.80. The van der Waals surface area contributed by atoms with Gasteiger partial charge in [-0.15, -0.1) is 0 Å². The normalized spacial score (nSPS) is 10.6. The van der Waals surface area contributed by atoms with E-state index in [1.54, 1.807) is 42.5 Å². The van der Waals surface area contributed by atoms with Crippen LogP contribution in [-0.4, -0.2) is 31.8 Å². The molecule has 0 atom stereocenters.